The number of benzene rings is 1. The largest absolute Gasteiger partial charge is 0.350 e. The number of hydrogen-bond donors (Lipinski definition) is 2. The van der Waals surface area contributed by atoms with E-state index in [1.807, 2.05) is 27.7 Å². The highest BCUT2D eigenvalue weighted by Gasteiger charge is 2.09. The first-order valence-electron chi connectivity index (χ1n) is 7.34. The van der Waals surface area contributed by atoms with E-state index in [0.717, 1.165) is 16.8 Å². The lowest BCUT2D eigenvalue weighted by Crippen LogP contribution is -2.30. The Morgan fingerprint density at radius 2 is 1.59 bits per heavy atom. The summed E-state index contributed by atoms with van der Waals surface area (Å²) in [7, 11) is 0. The lowest BCUT2D eigenvalue weighted by atomic mass is 10.1. The van der Waals surface area contributed by atoms with Crippen molar-refractivity contribution in [2.75, 3.05) is 5.32 Å². The van der Waals surface area contributed by atoms with E-state index < -0.39 is 0 Å². The number of rotatable bonds is 4. The molecule has 1 amide bonds. The highest BCUT2D eigenvalue weighted by Crippen LogP contribution is 2.24. The first-order chi connectivity index (χ1) is 10.4. The molecule has 5 heteroatoms. The van der Waals surface area contributed by atoms with E-state index in [1.165, 1.54) is 18.0 Å². The zero-order valence-corrected chi connectivity index (χ0v) is 13.7. The van der Waals surface area contributed by atoms with E-state index in [1.54, 1.807) is 0 Å². The molecular weight excluding hydrogens is 276 g/mol. The summed E-state index contributed by atoms with van der Waals surface area (Å²) in [5.41, 5.74) is 4.97. The summed E-state index contributed by atoms with van der Waals surface area (Å²) in [5, 5.41) is 6.03. The molecule has 1 aromatic carbocycles. The number of nitrogens with one attached hydrogen (secondary N) is 2. The normalized spacial score (nSPS) is 10.6. The van der Waals surface area contributed by atoms with Crippen LogP contribution in [0.2, 0.25) is 0 Å². The van der Waals surface area contributed by atoms with Gasteiger partial charge in [0, 0.05) is 24.1 Å². The van der Waals surface area contributed by atoms with E-state index in [2.05, 4.69) is 39.7 Å². The third-order valence-corrected chi connectivity index (χ3v) is 3.25. The van der Waals surface area contributed by atoms with Crippen LogP contribution in [0.15, 0.2) is 24.5 Å². The van der Waals surface area contributed by atoms with Gasteiger partial charge in [0.1, 0.15) is 0 Å². The predicted octanol–water partition coefficient (Wildman–Crippen LogP) is 3.28. The number of aryl methyl sites for hydroxylation is 3. The van der Waals surface area contributed by atoms with E-state index in [4.69, 9.17) is 0 Å². The topological polar surface area (TPSA) is 66.9 Å². The van der Waals surface area contributed by atoms with Gasteiger partial charge in [0.2, 0.25) is 5.95 Å². The first kappa shape index (κ1) is 15.9. The van der Waals surface area contributed by atoms with Crippen molar-refractivity contribution < 1.29 is 4.79 Å². The molecule has 0 aliphatic rings. The lowest BCUT2D eigenvalue weighted by molar-refractivity contribution is 0.0942. The fraction of sp³-hybridized carbons (Fsp3) is 0.353. The van der Waals surface area contributed by atoms with Gasteiger partial charge in [-0.3, -0.25) is 4.79 Å². The van der Waals surface area contributed by atoms with E-state index >= 15 is 0 Å². The summed E-state index contributed by atoms with van der Waals surface area (Å²) < 4.78 is 0. The van der Waals surface area contributed by atoms with Crippen LogP contribution in [0.1, 0.15) is 40.9 Å². The molecule has 0 atom stereocenters. The smallest absolute Gasteiger partial charge is 0.254 e. The van der Waals surface area contributed by atoms with Crippen molar-refractivity contribution in [1.82, 2.24) is 15.3 Å². The van der Waals surface area contributed by atoms with Gasteiger partial charge in [0.05, 0.1) is 5.56 Å². The van der Waals surface area contributed by atoms with Crippen LogP contribution in [0.3, 0.4) is 0 Å². The van der Waals surface area contributed by atoms with Crippen LogP contribution in [-0.4, -0.2) is 21.9 Å². The van der Waals surface area contributed by atoms with Gasteiger partial charge >= 0.3 is 0 Å². The maximum absolute atomic E-state index is 11.9. The van der Waals surface area contributed by atoms with Gasteiger partial charge in [-0.05, 0) is 45.7 Å². The van der Waals surface area contributed by atoms with Crippen molar-refractivity contribution in [3.63, 3.8) is 0 Å². The molecule has 0 unspecified atom stereocenters. The molecule has 0 saturated heterocycles. The molecule has 22 heavy (non-hydrogen) atoms. The van der Waals surface area contributed by atoms with Crippen LogP contribution in [0, 0.1) is 20.8 Å². The SMILES string of the molecule is Cc1cc(C)c(Nc2ncc(C(=O)NC(C)C)cn2)c(C)c1. The molecule has 0 radical (unpaired) electrons. The van der Waals surface area contributed by atoms with Crippen LogP contribution < -0.4 is 10.6 Å². The summed E-state index contributed by atoms with van der Waals surface area (Å²) in [6.45, 7) is 10.00. The second-order valence-corrected chi connectivity index (χ2v) is 5.82. The number of anilines is 2. The van der Waals surface area contributed by atoms with Gasteiger partial charge in [0.15, 0.2) is 0 Å². The molecule has 116 valence electrons. The summed E-state index contributed by atoms with van der Waals surface area (Å²) in [6.07, 6.45) is 3.07. The summed E-state index contributed by atoms with van der Waals surface area (Å²) >= 11 is 0. The van der Waals surface area contributed by atoms with Crippen LogP contribution in [0.5, 0.6) is 0 Å². The summed E-state index contributed by atoms with van der Waals surface area (Å²) in [4.78, 5) is 20.3. The minimum atomic E-state index is -0.163. The number of hydrogen-bond acceptors (Lipinski definition) is 4. The third kappa shape index (κ3) is 3.81. The van der Waals surface area contributed by atoms with Crippen molar-refractivity contribution in [2.24, 2.45) is 0 Å². The Morgan fingerprint density at radius 3 is 2.09 bits per heavy atom. The fourth-order valence-corrected chi connectivity index (χ4v) is 2.34. The fourth-order valence-electron chi connectivity index (χ4n) is 2.34. The van der Waals surface area contributed by atoms with Gasteiger partial charge < -0.3 is 10.6 Å². The van der Waals surface area contributed by atoms with Crippen LogP contribution in [0.25, 0.3) is 0 Å². The van der Waals surface area contributed by atoms with Gasteiger partial charge in [0.25, 0.3) is 5.91 Å². The number of carbonyl (C=O) groups is 1. The number of carbonyl (C=O) groups excluding carboxylic acids is 1. The average molecular weight is 298 g/mol. The van der Waals surface area contributed by atoms with Gasteiger partial charge in [-0.2, -0.15) is 0 Å². The molecule has 0 fully saturated rings. The Labute approximate surface area is 131 Å². The van der Waals surface area contributed by atoms with Crippen LogP contribution in [0.4, 0.5) is 11.6 Å². The molecular formula is C17H22N4O. The summed E-state index contributed by atoms with van der Waals surface area (Å²) in [5.74, 6) is 0.320. The molecule has 1 aromatic heterocycles. The molecule has 0 bridgehead atoms. The monoisotopic (exact) mass is 298 g/mol. The Kier molecular flexibility index (Phi) is 4.75. The molecule has 0 saturated carbocycles. The first-order valence-corrected chi connectivity index (χ1v) is 7.34. The molecule has 0 aliphatic heterocycles. The standard InChI is InChI=1S/C17H22N4O/c1-10(2)20-16(22)14-8-18-17(19-9-14)21-15-12(4)6-11(3)7-13(15)5/h6-10H,1-5H3,(H,20,22)(H,18,19,21). The zero-order chi connectivity index (χ0) is 16.3. The Balaban J connectivity index is 2.17. The average Bonchev–Trinajstić information content (AvgIpc) is 2.42. The maximum Gasteiger partial charge on any atom is 0.254 e. The van der Waals surface area contributed by atoms with Crippen molar-refractivity contribution >= 4 is 17.5 Å². The van der Waals surface area contributed by atoms with E-state index in [0.29, 0.717) is 11.5 Å². The van der Waals surface area contributed by atoms with Crippen molar-refractivity contribution in [2.45, 2.75) is 40.7 Å². The maximum atomic E-state index is 11.9. The van der Waals surface area contributed by atoms with Crippen LogP contribution >= 0.6 is 0 Å². The Morgan fingerprint density at radius 1 is 1.05 bits per heavy atom. The van der Waals surface area contributed by atoms with Crippen molar-refractivity contribution in [3.05, 3.63) is 46.8 Å². The number of amides is 1. The second-order valence-electron chi connectivity index (χ2n) is 5.82. The van der Waals surface area contributed by atoms with Crippen molar-refractivity contribution in [3.8, 4) is 0 Å². The molecule has 0 spiro atoms. The molecule has 2 rings (SSSR count). The molecule has 5 nitrogen and oxygen atoms in total. The van der Waals surface area contributed by atoms with Gasteiger partial charge in [-0.15, -0.1) is 0 Å². The molecule has 0 aliphatic carbocycles. The van der Waals surface area contributed by atoms with E-state index in [-0.39, 0.29) is 11.9 Å². The second kappa shape index (κ2) is 6.56. The lowest BCUT2D eigenvalue weighted by Gasteiger charge is -2.13. The van der Waals surface area contributed by atoms with Gasteiger partial charge in [-0.25, -0.2) is 9.97 Å². The molecule has 1 heterocycles. The predicted molar refractivity (Wildman–Crippen MR) is 88.6 cm³/mol. The summed E-state index contributed by atoms with van der Waals surface area (Å²) in [6, 6.07) is 4.31. The van der Waals surface area contributed by atoms with Gasteiger partial charge in [-0.1, -0.05) is 17.7 Å². The molecule has 2 aromatic rings. The Bertz CT molecular complexity index is 655. The highest BCUT2D eigenvalue weighted by molar-refractivity contribution is 5.93. The highest BCUT2D eigenvalue weighted by atomic mass is 16.1. The minimum absolute atomic E-state index is 0.0863. The third-order valence-electron chi connectivity index (χ3n) is 3.25. The van der Waals surface area contributed by atoms with E-state index in [9.17, 15) is 4.79 Å². The molecule has 2 N–H and O–H groups in total. The quantitative estimate of drug-likeness (QED) is 0.909. The number of nitrogens with zero attached hydrogens (tertiary/aromatic N) is 2. The number of aromatic nitrogens is 2. The Hall–Kier alpha value is -2.43. The zero-order valence-electron chi connectivity index (χ0n) is 13.7. The minimum Gasteiger partial charge on any atom is -0.350 e. The van der Waals surface area contributed by atoms with Crippen molar-refractivity contribution in [1.29, 1.82) is 0 Å². The van der Waals surface area contributed by atoms with Crippen LogP contribution in [-0.2, 0) is 0 Å².